The molecule has 0 atom stereocenters. The van der Waals surface area contributed by atoms with Gasteiger partial charge in [0.1, 0.15) is 13.6 Å². The first kappa shape index (κ1) is 12.8. The molecule has 0 unspecified atom stereocenters. The maximum absolute atomic E-state index is 11.9. The highest BCUT2D eigenvalue weighted by Gasteiger charge is 2.25. The van der Waals surface area contributed by atoms with Crippen LogP contribution in [0, 0.1) is 0 Å². The molecule has 2 radical (unpaired) electrons. The van der Waals surface area contributed by atoms with Crippen molar-refractivity contribution in [2.45, 2.75) is 6.92 Å². The van der Waals surface area contributed by atoms with E-state index in [0.717, 1.165) is 16.8 Å². The highest BCUT2D eigenvalue weighted by molar-refractivity contribution is 6.36. The molecule has 1 aliphatic heterocycles. The number of carbonyl (C=O) groups is 1. The van der Waals surface area contributed by atoms with Gasteiger partial charge in [-0.3, -0.25) is 4.79 Å². The Balaban J connectivity index is 2.15. The van der Waals surface area contributed by atoms with E-state index in [0.29, 0.717) is 17.8 Å². The lowest BCUT2D eigenvalue weighted by molar-refractivity contribution is -0.121. The Morgan fingerprint density at radius 2 is 2.00 bits per heavy atom. The summed E-state index contributed by atoms with van der Waals surface area (Å²) >= 11 is 0. The van der Waals surface area contributed by atoms with Gasteiger partial charge in [-0.2, -0.15) is 0 Å². The number of anilines is 1. The van der Waals surface area contributed by atoms with Crippen molar-refractivity contribution in [3.63, 3.8) is 0 Å². The van der Waals surface area contributed by atoms with Gasteiger partial charge in [0.15, 0.2) is 6.61 Å². The Labute approximate surface area is 119 Å². The van der Waals surface area contributed by atoms with Gasteiger partial charge in [0.2, 0.25) is 0 Å². The number of amides is 1. The van der Waals surface area contributed by atoms with Gasteiger partial charge in [0.25, 0.3) is 5.91 Å². The fourth-order valence-electron chi connectivity index (χ4n) is 2.48. The Kier molecular flexibility index (Phi) is 3.22. The van der Waals surface area contributed by atoms with Gasteiger partial charge in [0, 0.05) is 6.54 Å². The van der Waals surface area contributed by atoms with E-state index in [1.54, 1.807) is 11.0 Å². The molecule has 1 heterocycles. The van der Waals surface area contributed by atoms with Crippen LogP contribution in [0.4, 0.5) is 5.69 Å². The van der Waals surface area contributed by atoms with E-state index in [1.165, 1.54) is 0 Å². The molecule has 0 fully saturated rings. The maximum atomic E-state index is 11.9. The Morgan fingerprint density at radius 1 is 1.25 bits per heavy atom. The summed E-state index contributed by atoms with van der Waals surface area (Å²) in [4.78, 5) is 13.6. The zero-order chi connectivity index (χ0) is 14.1. The molecule has 0 saturated heterocycles. The summed E-state index contributed by atoms with van der Waals surface area (Å²) in [6, 6.07) is 13.6. The Bertz CT molecular complexity index is 655. The second-order valence-electron chi connectivity index (χ2n) is 4.70. The van der Waals surface area contributed by atoms with E-state index >= 15 is 0 Å². The molecule has 3 rings (SSSR count). The first-order valence-corrected chi connectivity index (χ1v) is 6.63. The van der Waals surface area contributed by atoms with Crippen molar-refractivity contribution in [3.8, 4) is 16.9 Å². The van der Waals surface area contributed by atoms with E-state index < -0.39 is 0 Å². The third-order valence-electron chi connectivity index (χ3n) is 3.48. The van der Waals surface area contributed by atoms with Crippen LogP contribution in [-0.4, -0.2) is 26.9 Å². The SMILES string of the molecule is [B]c1cc2c(cc1-c1ccccc1)N(CC)C(=O)CO2. The number of ether oxygens (including phenoxy) is 1. The van der Waals surface area contributed by atoms with Crippen molar-refractivity contribution >= 4 is 24.9 Å². The quantitative estimate of drug-likeness (QED) is 0.774. The smallest absolute Gasteiger partial charge is 0.265 e. The summed E-state index contributed by atoms with van der Waals surface area (Å²) in [5, 5.41) is 0. The minimum atomic E-state index is -0.0243. The first-order chi connectivity index (χ1) is 9.70. The summed E-state index contributed by atoms with van der Waals surface area (Å²) in [7, 11) is 6.11. The predicted molar refractivity (Wildman–Crippen MR) is 80.8 cm³/mol. The maximum Gasteiger partial charge on any atom is 0.265 e. The molecule has 20 heavy (non-hydrogen) atoms. The molecule has 0 saturated carbocycles. The lowest BCUT2D eigenvalue weighted by Crippen LogP contribution is -2.39. The molecule has 0 aliphatic carbocycles. The van der Waals surface area contributed by atoms with Gasteiger partial charge in [-0.15, -0.1) is 0 Å². The summed E-state index contributed by atoms with van der Waals surface area (Å²) < 4.78 is 5.47. The summed E-state index contributed by atoms with van der Waals surface area (Å²) in [5.74, 6) is 0.646. The van der Waals surface area contributed by atoms with E-state index in [-0.39, 0.29) is 12.5 Å². The number of benzene rings is 2. The van der Waals surface area contributed by atoms with Crippen LogP contribution in [0.3, 0.4) is 0 Å². The van der Waals surface area contributed by atoms with E-state index in [2.05, 4.69) is 0 Å². The Hall–Kier alpha value is -2.23. The van der Waals surface area contributed by atoms with Crippen molar-refractivity contribution in [3.05, 3.63) is 42.5 Å². The zero-order valence-electron chi connectivity index (χ0n) is 11.3. The highest BCUT2D eigenvalue weighted by Crippen LogP contribution is 2.34. The average molecular weight is 263 g/mol. The molecular weight excluding hydrogens is 249 g/mol. The number of hydrogen-bond acceptors (Lipinski definition) is 2. The Morgan fingerprint density at radius 3 is 2.70 bits per heavy atom. The van der Waals surface area contributed by atoms with Crippen LogP contribution in [0.25, 0.3) is 11.1 Å². The summed E-state index contributed by atoms with van der Waals surface area (Å²) in [6.45, 7) is 2.64. The molecule has 0 bridgehead atoms. The normalized spacial score (nSPS) is 13.8. The van der Waals surface area contributed by atoms with Crippen LogP contribution >= 0.6 is 0 Å². The van der Waals surface area contributed by atoms with Crippen LogP contribution in [0.2, 0.25) is 0 Å². The molecule has 98 valence electrons. The lowest BCUT2D eigenvalue weighted by Gasteiger charge is -2.29. The fraction of sp³-hybridized carbons (Fsp3) is 0.188. The van der Waals surface area contributed by atoms with Gasteiger partial charge in [-0.1, -0.05) is 35.8 Å². The third-order valence-corrected chi connectivity index (χ3v) is 3.48. The van der Waals surface area contributed by atoms with E-state index in [4.69, 9.17) is 12.6 Å². The number of rotatable bonds is 2. The van der Waals surface area contributed by atoms with Crippen LogP contribution < -0.4 is 15.1 Å². The third kappa shape index (κ3) is 2.07. The molecular formula is C16H14BNO2. The molecule has 3 nitrogen and oxygen atoms in total. The predicted octanol–water partition coefficient (Wildman–Crippen LogP) is 1.89. The van der Waals surface area contributed by atoms with Crippen LogP contribution in [-0.2, 0) is 4.79 Å². The number of carbonyl (C=O) groups excluding carboxylic acids is 1. The fourth-order valence-corrected chi connectivity index (χ4v) is 2.48. The van der Waals surface area contributed by atoms with E-state index in [9.17, 15) is 4.79 Å². The standard InChI is InChI=1S/C16H14BNO2/c1-2-18-14-8-12(11-6-4-3-5-7-11)13(17)9-15(14)20-10-16(18)19/h3-9H,2,10H2,1H3. The van der Waals surface area contributed by atoms with Crippen molar-refractivity contribution in [2.75, 3.05) is 18.1 Å². The van der Waals surface area contributed by atoms with Gasteiger partial charge in [-0.25, -0.2) is 0 Å². The molecule has 0 N–H and O–H groups in total. The molecule has 0 aromatic heterocycles. The lowest BCUT2D eigenvalue weighted by atomic mass is 9.86. The monoisotopic (exact) mass is 263 g/mol. The van der Waals surface area contributed by atoms with Gasteiger partial charge in [0.05, 0.1) is 5.69 Å². The van der Waals surface area contributed by atoms with Crippen molar-refractivity contribution in [2.24, 2.45) is 0 Å². The summed E-state index contributed by atoms with van der Waals surface area (Å²) in [5.41, 5.74) is 3.39. The number of hydrogen-bond donors (Lipinski definition) is 0. The van der Waals surface area contributed by atoms with Crippen LogP contribution in [0.5, 0.6) is 5.75 Å². The molecule has 1 amide bonds. The molecule has 4 heteroatoms. The molecule has 1 aliphatic rings. The second kappa shape index (κ2) is 5.04. The highest BCUT2D eigenvalue weighted by atomic mass is 16.5. The van der Waals surface area contributed by atoms with Gasteiger partial charge in [-0.05, 0) is 30.2 Å². The second-order valence-corrected chi connectivity index (χ2v) is 4.70. The summed E-state index contributed by atoms with van der Waals surface area (Å²) in [6.07, 6.45) is 0. The van der Waals surface area contributed by atoms with Crippen molar-refractivity contribution in [1.82, 2.24) is 0 Å². The van der Waals surface area contributed by atoms with Crippen LogP contribution in [0.15, 0.2) is 42.5 Å². The van der Waals surface area contributed by atoms with Crippen molar-refractivity contribution < 1.29 is 9.53 Å². The zero-order valence-corrected chi connectivity index (χ0v) is 11.3. The largest absolute Gasteiger partial charge is 0.482 e. The first-order valence-electron chi connectivity index (χ1n) is 6.63. The number of likely N-dealkylation sites (N-methyl/N-ethyl adjacent to an activating group) is 1. The van der Waals surface area contributed by atoms with E-state index in [1.807, 2.05) is 43.3 Å². The molecule has 0 spiro atoms. The average Bonchev–Trinajstić information content (AvgIpc) is 2.48. The molecule has 2 aromatic carbocycles. The molecule has 2 aromatic rings. The van der Waals surface area contributed by atoms with Gasteiger partial charge < -0.3 is 9.64 Å². The van der Waals surface area contributed by atoms with Gasteiger partial charge >= 0.3 is 0 Å². The minimum Gasteiger partial charge on any atom is -0.482 e. The number of nitrogens with zero attached hydrogens (tertiary/aromatic N) is 1. The minimum absolute atomic E-state index is 0.0243. The number of fused-ring (bicyclic) bond motifs is 1. The van der Waals surface area contributed by atoms with Crippen molar-refractivity contribution in [1.29, 1.82) is 0 Å². The van der Waals surface area contributed by atoms with Crippen LogP contribution in [0.1, 0.15) is 6.92 Å². The topological polar surface area (TPSA) is 29.5 Å².